The third kappa shape index (κ3) is 4.33. The number of amides is 1. The standard InChI is InChI=1S/C23H24F2N4O2/c1-4-5-20(25)19(15-12-17(24)14-27-13-15)10-11-23(21(30)29(2)22(26)28-23)16-6-8-18(31-3)9-7-16/h4-12,14-15H,13H2,1-3H3,(H2,26,28)/b5-4-,11-10+,20-19-/t15?,23-/m0/s1. The maximum atomic E-state index is 14.9. The highest BCUT2D eigenvalue weighted by Crippen LogP contribution is 2.36. The maximum absolute atomic E-state index is 14.9. The Labute approximate surface area is 179 Å². The lowest BCUT2D eigenvalue weighted by Crippen LogP contribution is -2.39. The molecule has 1 amide bonds. The summed E-state index contributed by atoms with van der Waals surface area (Å²) < 4.78 is 33.9. The number of hydrogen-bond acceptors (Lipinski definition) is 5. The molecule has 0 saturated carbocycles. The Morgan fingerprint density at radius 1 is 1.32 bits per heavy atom. The van der Waals surface area contributed by atoms with Gasteiger partial charge in [-0.2, -0.15) is 0 Å². The number of hydrogen-bond donors (Lipinski definition) is 1. The summed E-state index contributed by atoms with van der Waals surface area (Å²) >= 11 is 0. The molecule has 1 unspecified atom stereocenters. The van der Waals surface area contributed by atoms with Crippen LogP contribution >= 0.6 is 0 Å². The normalized spacial score (nSPS) is 24.6. The minimum Gasteiger partial charge on any atom is -0.497 e. The van der Waals surface area contributed by atoms with Gasteiger partial charge in [-0.05, 0) is 48.4 Å². The Morgan fingerprint density at radius 3 is 2.58 bits per heavy atom. The van der Waals surface area contributed by atoms with Gasteiger partial charge in [0.25, 0.3) is 5.91 Å². The van der Waals surface area contributed by atoms with Crippen LogP contribution in [0.5, 0.6) is 5.75 Å². The van der Waals surface area contributed by atoms with Gasteiger partial charge in [0.2, 0.25) is 0 Å². The highest BCUT2D eigenvalue weighted by Gasteiger charge is 2.46. The van der Waals surface area contributed by atoms with Gasteiger partial charge in [0.15, 0.2) is 11.5 Å². The van der Waals surface area contributed by atoms with E-state index in [0.717, 1.165) is 6.21 Å². The van der Waals surface area contributed by atoms with Crippen LogP contribution in [-0.2, 0) is 10.3 Å². The zero-order valence-corrected chi connectivity index (χ0v) is 17.5. The molecule has 3 rings (SSSR count). The van der Waals surface area contributed by atoms with Crippen LogP contribution in [0.1, 0.15) is 12.5 Å². The summed E-state index contributed by atoms with van der Waals surface area (Å²) in [6, 6.07) is 6.81. The fourth-order valence-electron chi connectivity index (χ4n) is 3.46. The van der Waals surface area contributed by atoms with Gasteiger partial charge in [-0.1, -0.05) is 24.3 Å². The molecule has 0 bridgehead atoms. The Morgan fingerprint density at radius 2 is 2.03 bits per heavy atom. The Bertz CT molecular complexity index is 1040. The van der Waals surface area contributed by atoms with Crippen molar-refractivity contribution < 1.29 is 18.3 Å². The molecule has 0 aliphatic carbocycles. The first-order valence-corrected chi connectivity index (χ1v) is 9.69. The zero-order valence-electron chi connectivity index (χ0n) is 17.5. The van der Waals surface area contributed by atoms with E-state index in [2.05, 4.69) is 9.98 Å². The van der Waals surface area contributed by atoms with Crippen molar-refractivity contribution in [3.8, 4) is 5.75 Å². The number of methoxy groups -OCH3 is 1. The van der Waals surface area contributed by atoms with E-state index in [1.54, 1.807) is 37.3 Å². The fourth-order valence-corrected chi connectivity index (χ4v) is 3.46. The van der Waals surface area contributed by atoms with Crippen LogP contribution in [0.3, 0.4) is 0 Å². The summed E-state index contributed by atoms with van der Waals surface area (Å²) in [7, 11) is 3.06. The molecule has 2 aliphatic rings. The van der Waals surface area contributed by atoms with E-state index in [1.165, 1.54) is 43.4 Å². The number of likely N-dealkylation sites (N-methyl/N-ethyl adjacent to an activating group) is 1. The number of halogens is 2. The van der Waals surface area contributed by atoms with E-state index in [-0.39, 0.29) is 24.0 Å². The summed E-state index contributed by atoms with van der Waals surface area (Å²) in [5.74, 6) is -1.46. The number of carbonyl (C=O) groups excluding carboxylic acids is 1. The van der Waals surface area contributed by atoms with Crippen molar-refractivity contribution >= 4 is 18.1 Å². The van der Waals surface area contributed by atoms with Gasteiger partial charge in [0.05, 0.1) is 13.3 Å². The van der Waals surface area contributed by atoms with Crippen LogP contribution in [0.15, 0.2) is 81.9 Å². The molecular formula is C23H24F2N4O2. The number of nitrogens with two attached hydrogens (primary N) is 1. The Balaban J connectivity index is 2.12. The van der Waals surface area contributed by atoms with Gasteiger partial charge < -0.3 is 10.5 Å². The second-order valence-corrected chi connectivity index (χ2v) is 7.12. The van der Waals surface area contributed by atoms with Gasteiger partial charge >= 0.3 is 0 Å². The van der Waals surface area contributed by atoms with Crippen molar-refractivity contribution in [1.82, 2.24) is 4.90 Å². The highest BCUT2D eigenvalue weighted by atomic mass is 19.1. The largest absolute Gasteiger partial charge is 0.497 e. The van der Waals surface area contributed by atoms with Gasteiger partial charge in [0.1, 0.15) is 17.4 Å². The number of carbonyl (C=O) groups is 1. The number of guanidine groups is 1. The van der Waals surface area contributed by atoms with Crippen LogP contribution in [0.2, 0.25) is 0 Å². The molecule has 2 aliphatic heterocycles. The van der Waals surface area contributed by atoms with Crippen LogP contribution in [0, 0.1) is 5.92 Å². The van der Waals surface area contributed by atoms with Gasteiger partial charge in [-0.3, -0.25) is 14.7 Å². The minimum atomic E-state index is -1.48. The lowest BCUT2D eigenvalue weighted by molar-refractivity contribution is -0.129. The maximum Gasteiger partial charge on any atom is 0.265 e. The molecule has 2 atom stereocenters. The van der Waals surface area contributed by atoms with E-state index in [0.29, 0.717) is 11.3 Å². The quantitative estimate of drug-likeness (QED) is 0.706. The molecule has 2 N–H and O–H groups in total. The minimum absolute atomic E-state index is 0.0399. The summed E-state index contributed by atoms with van der Waals surface area (Å²) in [5, 5.41) is 0. The molecule has 0 spiro atoms. The first-order chi connectivity index (χ1) is 14.8. The first-order valence-electron chi connectivity index (χ1n) is 9.69. The third-order valence-corrected chi connectivity index (χ3v) is 5.16. The molecule has 162 valence electrons. The molecule has 6 nitrogen and oxygen atoms in total. The average molecular weight is 426 g/mol. The van der Waals surface area contributed by atoms with Crippen molar-refractivity contribution in [2.24, 2.45) is 21.6 Å². The number of ether oxygens (including phenoxy) is 1. The second-order valence-electron chi connectivity index (χ2n) is 7.12. The molecule has 31 heavy (non-hydrogen) atoms. The molecule has 0 radical (unpaired) electrons. The number of dihydropyridines is 1. The summed E-state index contributed by atoms with van der Waals surface area (Å²) in [5.41, 5.74) is 5.18. The van der Waals surface area contributed by atoms with E-state index in [1.807, 2.05) is 0 Å². The lowest BCUT2D eigenvalue weighted by Gasteiger charge is -2.23. The molecule has 0 aromatic heterocycles. The van der Waals surface area contributed by atoms with Crippen LogP contribution in [-0.4, -0.2) is 43.7 Å². The first kappa shape index (κ1) is 22.1. The van der Waals surface area contributed by atoms with E-state index in [4.69, 9.17) is 10.5 Å². The van der Waals surface area contributed by atoms with Crippen molar-refractivity contribution in [2.75, 3.05) is 20.7 Å². The van der Waals surface area contributed by atoms with E-state index >= 15 is 0 Å². The smallest absolute Gasteiger partial charge is 0.265 e. The van der Waals surface area contributed by atoms with Crippen molar-refractivity contribution in [1.29, 1.82) is 0 Å². The van der Waals surface area contributed by atoms with Crippen LogP contribution < -0.4 is 10.5 Å². The topological polar surface area (TPSA) is 80.3 Å². The predicted molar refractivity (Wildman–Crippen MR) is 117 cm³/mol. The number of nitrogens with zero attached hydrogens (tertiary/aromatic N) is 3. The fraction of sp³-hybridized carbons (Fsp3) is 0.261. The Kier molecular flexibility index (Phi) is 6.48. The highest BCUT2D eigenvalue weighted by molar-refractivity contribution is 6.08. The van der Waals surface area contributed by atoms with E-state index < -0.39 is 23.1 Å². The molecule has 8 heteroatoms. The van der Waals surface area contributed by atoms with Crippen LogP contribution in [0.25, 0.3) is 0 Å². The second kappa shape index (κ2) is 9.07. The molecule has 1 aromatic carbocycles. The number of allylic oxidation sites excluding steroid dienone is 5. The lowest BCUT2D eigenvalue weighted by atomic mass is 9.87. The summed E-state index contributed by atoms with van der Waals surface area (Å²) in [6.07, 6.45) is 8.18. The van der Waals surface area contributed by atoms with Crippen LogP contribution in [0.4, 0.5) is 8.78 Å². The monoisotopic (exact) mass is 426 g/mol. The number of aliphatic imine (C=N–C) groups is 2. The third-order valence-electron chi connectivity index (χ3n) is 5.16. The van der Waals surface area contributed by atoms with Gasteiger partial charge in [0, 0.05) is 19.5 Å². The molecule has 0 fully saturated rings. The predicted octanol–water partition coefficient (Wildman–Crippen LogP) is 3.59. The molecular weight excluding hydrogens is 402 g/mol. The summed E-state index contributed by atoms with van der Waals surface area (Å²) in [6.45, 7) is 1.86. The number of benzene rings is 1. The van der Waals surface area contributed by atoms with Crippen molar-refractivity contribution in [2.45, 2.75) is 12.5 Å². The van der Waals surface area contributed by atoms with E-state index in [9.17, 15) is 13.6 Å². The Hall–Kier alpha value is -3.55. The molecule has 1 aromatic rings. The molecule has 0 saturated heterocycles. The van der Waals surface area contributed by atoms with Gasteiger partial charge in [-0.25, -0.2) is 13.8 Å². The summed E-state index contributed by atoms with van der Waals surface area (Å²) in [4.78, 5) is 22.8. The van der Waals surface area contributed by atoms with Crippen molar-refractivity contribution in [3.63, 3.8) is 0 Å². The molecule has 2 heterocycles. The number of rotatable bonds is 6. The van der Waals surface area contributed by atoms with Crippen molar-refractivity contribution in [3.05, 3.63) is 77.4 Å². The average Bonchev–Trinajstić information content (AvgIpc) is 2.98. The SMILES string of the molecule is C\C=C/C(F)=C(\C=C\[C@@]1(c2ccc(OC)cc2)N=C(N)N(C)C1=O)C1C=C(F)C=NC1. The zero-order chi connectivity index (χ0) is 22.6. The van der Waals surface area contributed by atoms with Gasteiger partial charge in [-0.15, -0.1) is 0 Å².